The van der Waals surface area contributed by atoms with Crippen molar-refractivity contribution in [3.8, 4) is 5.75 Å². The van der Waals surface area contributed by atoms with Crippen LogP contribution in [0.15, 0.2) is 24.3 Å². The molecule has 106 valence electrons. The van der Waals surface area contributed by atoms with Crippen molar-refractivity contribution in [2.24, 2.45) is 11.3 Å². The van der Waals surface area contributed by atoms with Crippen LogP contribution < -0.4 is 10.1 Å². The van der Waals surface area contributed by atoms with Crippen LogP contribution >= 0.6 is 0 Å². The third-order valence-electron chi connectivity index (χ3n) is 3.81. The molecule has 1 aromatic carbocycles. The lowest BCUT2D eigenvalue weighted by Crippen LogP contribution is -2.26. The molecule has 0 aliphatic heterocycles. The van der Waals surface area contributed by atoms with E-state index in [1.165, 1.54) is 24.8 Å². The van der Waals surface area contributed by atoms with Crippen LogP contribution in [0.4, 0.5) is 0 Å². The lowest BCUT2D eigenvalue weighted by Gasteiger charge is -2.23. The van der Waals surface area contributed by atoms with Crippen molar-refractivity contribution in [1.82, 2.24) is 5.32 Å². The fraction of sp³-hybridized carbons (Fsp3) is 0.647. The van der Waals surface area contributed by atoms with E-state index in [0.717, 1.165) is 18.2 Å². The second-order valence-corrected chi connectivity index (χ2v) is 6.85. The first-order valence-corrected chi connectivity index (χ1v) is 7.37. The SMILES string of the molecule is COc1ccc(C(NCCC(C)(C)C)C2CC2)cc1. The quantitative estimate of drug-likeness (QED) is 0.829. The number of nitrogens with one attached hydrogen (secondary N) is 1. The average Bonchev–Trinajstić information content (AvgIpc) is 3.18. The summed E-state index contributed by atoms with van der Waals surface area (Å²) >= 11 is 0. The van der Waals surface area contributed by atoms with Crippen molar-refractivity contribution in [2.75, 3.05) is 13.7 Å². The molecule has 0 saturated heterocycles. The van der Waals surface area contributed by atoms with Crippen molar-refractivity contribution in [3.63, 3.8) is 0 Å². The van der Waals surface area contributed by atoms with E-state index in [0.29, 0.717) is 11.5 Å². The lowest BCUT2D eigenvalue weighted by molar-refractivity contribution is 0.347. The minimum absolute atomic E-state index is 0.404. The van der Waals surface area contributed by atoms with Crippen molar-refractivity contribution in [2.45, 2.75) is 46.1 Å². The Balaban J connectivity index is 1.95. The average molecular weight is 261 g/mol. The fourth-order valence-electron chi connectivity index (χ4n) is 2.40. The largest absolute Gasteiger partial charge is 0.497 e. The molecule has 2 heteroatoms. The summed E-state index contributed by atoms with van der Waals surface area (Å²) < 4.78 is 5.23. The number of hydrogen-bond donors (Lipinski definition) is 1. The third-order valence-corrected chi connectivity index (χ3v) is 3.81. The number of benzene rings is 1. The summed E-state index contributed by atoms with van der Waals surface area (Å²) in [7, 11) is 1.72. The highest BCUT2D eigenvalue weighted by atomic mass is 16.5. The maximum atomic E-state index is 5.23. The summed E-state index contributed by atoms with van der Waals surface area (Å²) in [6, 6.07) is 9.05. The van der Waals surface area contributed by atoms with Crippen LogP contribution in [0, 0.1) is 11.3 Å². The van der Waals surface area contributed by atoms with Crippen LogP contribution in [0.5, 0.6) is 5.75 Å². The monoisotopic (exact) mass is 261 g/mol. The lowest BCUT2D eigenvalue weighted by atomic mass is 9.92. The molecule has 0 heterocycles. The topological polar surface area (TPSA) is 21.3 Å². The second-order valence-electron chi connectivity index (χ2n) is 6.85. The normalized spacial score (nSPS) is 17.3. The molecular formula is C17H27NO. The smallest absolute Gasteiger partial charge is 0.118 e. The van der Waals surface area contributed by atoms with Gasteiger partial charge in [0, 0.05) is 6.04 Å². The number of hydrogen-bond acceptors (Lipinski definition) is 2. The summed E-state index contributed by atoms with van der Waals surface area (Å²) in [6.07, 6.45) is 3.94. The standard InChI is InChI=1S/C17H27NO/c1-17(2,3)11-12-18-16(13-5-6-13)14-7-9-15(19-4)10-8-14/h7-10,13,16,18H,5-6,11-12H2,1-4H3. The van der Waals surface area contributed by atoms with Gasteiger partial charge in [-0.25, -0.2) is 0 Å². The number of methoxy groups -OCH3 is 1. The summed E-state index contributed by atoms with van der Waals surface area (Å²) in [4.78, 5) is 0. The highest BCUT2D eigenvalue weighted by molar-refractivity contribution is 5.30. The fourth-order valence-corrected chi connectivity index (χ4v) is 2.40. The molecule has 1 fully saturated rings. The van der Waals surface area contributed by atoms with Gasteiger partial charge in [0.1, 0.15) is 5.75 Å². The van der Waals surface area contributed by atoms with Crippen molar-refractivity contribution in [1.29, 1.82) is 0 Å². The molecule has 0 radical (unpaired) electrons. The van der Waals surface area contributed by atoms with Gasteiger partial charge in [-0.3, -0.25) is 0 Å². The molecule has 1 atom stereocenters. The summed E-state index contributed by atoms with van der Waals surface area (Å²) in [5.74, 6) is 1.77. The van der Waals surface area contributed by atoms with Crippen molar-refractivity contribution in [3.05, 3.63) is 29.8 Å². The van der Waals surface area contributed by atoms with Crippen LogP contribution in [0.25, 0.3) is 0 Å². The number of rotatable bonds is 6. The highest BCUT2D eigenvalue weighted by Crippen LogP contribution is 2.41. The summed E-state index contributed by atoms with van der Waals surface area (Å²) in [5.41, 5.74) is 1.80. The molecule has 0 aromatic heterocycles. The van der Waals surface area contributed by atoms with Crippen LogP contribution in [0.2, 0.25) is 0 Å². The predicted molar refractivity (Wildman–Crippen MR) is 80.5 cm³/mol. The Bertz CT molecular complexity index is 387. The molecule has 0 amide bonds. The van der Waals surface area contributed by atoms with E-state index in [1.54, 1.807) is 7.11 Å². The van der Waals surface area contributed by atoms with Gasteiger partial charge in [0.05, 0.1) is 7.11 Å². The first-order chi connectivity index (χ1) is 8.99. The zero-order valence-corrected chi connectivity index (χ0v) is 12.7. The Morgan fingerprint density at radius 1 is 1.21 bits per heavy atom. The van der Waals surface area contributed by atoms with E-state index >= 15 is 0 Å². The van der Waals surface area contributed by atoms with Gasteiger partial charge in [-0.2, -0.15) is 0 Å². The van der Waals surface area contributed by atoms with Gasteiger partial charge in [-0.05, 0) is 54.8 Å². The molecule has 0 spiro atoms. The number of ether oxygens (including phenoxy) is 1. The van der Waals surface area contributed by atoms with Crippen LogP contribution in [0.3, 0.4) is 0 Å². The molecule has 0 bridgehead atoms. The Morgan fingerprint density at radius 2 is 1.84 bits per heavy atom. The first-order valence-electron chi connectivity index (χ1n) is 7.37. The van der Waals surface area contributed by atoms with Gasteiger partial charge in [-0.1, -0.05) is 32.9 Å². The van der Waals surface area contributed by atoms with E-state index in [4.69, 9.17) is 4.74 Å². The van der Waals surface area contributed by atoms with Crippen LogP contribution in [-0.4, -0.2) is 13.7 Å². The van der Waals surface area contributed by atoms with E-state index in [9.17, 15) is 0 Å². The molecule has 2 rings (SSSR count). The second kappa shape index (κ2) is 5.96. The zero-order chi connectivity index (χ0) is 13.9. The van der Waals surface area contributed by atoms with E-state index in [2.05, 4.69) is 50.4 Å². The maximum Gasteiger partial charge on any atom is 0.118 e. The highest BCUT2D eigenvalue weighted by Gasteiger charge is 2.32. The molecule has 1 aliphatic carbocycles. The van der Waals surface area contributed by atoms with Gasteiger partial charge in [-0.15, -0.1) is 0 Å². The van der Waals surface area contributed by atoms with Crippen molar-refractivity contribution < 1.29 is 4.74 Å². The minimum Gasteiger partial charge on any atom is -0.497 e. The predicted octanol–water partition coefficient (Wildman–Crippen LogP) is 4.17. The van der Waals surface area contributed by atoms with Crippen LogP contribution in [-0.2, 0) is 0 Å². The van der Waals surface area contributed by atoms with E-state index < -0.39 is 0 Å². The Labute approximate surface area is 117 Å². The molecule has 1 N–H and O–H groups in total. The van der Waals surface area contributed by atoms with Gasteiger partial charge >= 0.3 is 0 Å². The van der Waals surface area contributed by atoms with E-state index in [1.807, 2.05) is 0 Å². The third kappa shape index (κ3) is 4.54. The maximum absolute atomic E-state index is 5.23. The molecule has 1 aromatic rings. The summed E-state index contributed by atoms with van der Waals surface area (Å²) in [5, 5.41) is 3.75. The molecular weight excluding hydrogens is 234 g/mol. The van der Waals surface area contributed by atoms with Crippen LogP contribution in [0.1, 0.15) is 51.6 Å². The first kappa shape index (κ1) is 14.4. The van der Waals surface area contributed by atoms with Gasteiger partial charge in [0.15, 0.2) is 0 Å². The Kier molecular flexibility index (Phi) is 4.51. The summed E-state index contributed by atoms with van der Waals surface area (Å²) in [6.45, 7) is 7.99. The molecule has 1 saturated carbocycles. The van der Waals surface area contributed by atoms with E-state index in [-0.39, 0.29) is 0 Å². The minimum atomic E-state index is 0.404. The molecule has 19 heavy (non-hydrogen) atoms. The van der Waals surface area contributed by atoms with Gasteiger partial charge in [0.2, 0.25) is 0 Å². The van der Waals surface area contributed by atoms with Gasteiger partial charge < -0.3 is 10.1 Å². The van der Waals surface area contributed by atoms with Gasteiger partial charge in [0.25, 0.3) is 0 Å². The Hall–Kier alpha value is -1.02. The molecule has 1 unspecified atom stereocenters. The molecule has 1 aliphatic rings. The van der Waals surface area contributed by atoms with Crippen molar-refractivity contribution >= 4 is 0 Å². The zero-order valence-electron chi connectivity index (χ0n) is 12.7. The molecule has 2 nitrogen and oxygen atoms in total. The Morgan fingerprint density at radius 3 is 2.32 bits per heavy atom.